The first kappa shape index (κ1) is 22.4. The molecule has 4 amide bonds. The number of urea groups is 2. The molecular formula is C19H34Cl2N4O2. The first-order valence-corrected chi connectivity index (χ1v) is 11.4. The van der Waals surface area contributed by atoms with Gasteiger partial charge in [-0.3, -0.25) is 0 Å². The van der Waals surface area contributed by atoms with Crippen LogP contribution in [0.15, 0.2) is 0 Å². The molecule has 2 aliphatic rings. The maximum atomic E-state index is 11.7. The van der Waals surface area contributed by atoms with Gasteiger partial charge in [0.2, 0.25) is 0 Å². The lowest BCUT2D eigenvalue weighted by Crippen LogP contribution is -2.44. The van der Waals surface area contributed by atoms with Crippen molar-refractivity contribution in [2.24, 2.45) is 11.8 Å². The molecule has 2 aliphatic carbocycles. The van der Waals surface area contributed by atoms with Gasteiger partial charge in [-0.1, -0.05) is 0 Å². The first-order chi connectivity index (χ1) is 13.1. The van der Waals surface area contributed by atoms with Gasteiger partial charge in [0.05, 0.1) is 0 Å². The summed E-state index contributed by atoms with van der Waals surface area (Å²) >= 11 is 11.2. The normalized spacial score (nSPS) is 28.2. The summed E-state index contributed by atoms with van der Waals surface area (Å²) in [7, 11) is 0. The van der Waals surface area contributed by atoms with Gasteiger partial charge in [-0.15, -0.1) is 23.2 Å². The van der Waals surface area contributed by atoms with E-state index in [-0.39, 0.29) is 12.1 Å². The molecule has 0 atom stereocenters. The van der Waals surface area contributed by atoms with Crippen LogP contribution in [0.2, 0.25) is 0 Å². The van der Waals surface area contributed by atoms with E-state index >= 15 is 0 Å². The molecule has 0 radical (unpaired) electrons. The Hall–Kier alpha value is -0.880. The van der Waals surface area contributed by atoms with Crippen LogP contribution in [0.5, 0.6) is 0 Å². The van der Waals surface area contributed by atoms with E-state index in [1.165, 1.54) is 32.1 Å². The second-order valence-corrected chi connectivity index (χ2v) is 8.61. The molecule has 0 aromatic carbocycles. The van der Waals surface area contributed by atoms with Crippen molar-refractivity contribution in [3.8, 4) is 0 Å². The fourth-order valence-corrected chi connectivity index (χ4v) is 4.54. The van der Waals surface area contributed by atoms with Crippen molar-refractivity contribution in [3.05, 3.63) is 0 Å². The largest absolute Gasteiger partial charge is 0.337 e. The topological polar surface area (TPSA) is 82.3 Å². The average molecular weight is 421 g/mol. The number of nitrogens with one attached hydrogen (secondary N) is 4. The predicted molar refractivity (Wildman–Crippen MR) is 111 cm³/mol. The maximum Gasteiger partial charge on any atom is 0.315 e. The van der Waals surface area contributed by atoms with Gasteiger partial charge in [0, 0.05) is 36.9 Å². The van der Waals surface area contributed by atoms with Crippen LogP contribution >= 0.6 is 23.2 Å². The minimum absolute atomic E-state index is 0.0972. The van der Waals surface area contributed by atoms with E-state index in [0.29, 0.717) is 36.9 Å². The van der Waals surface area contributed by atoms with Crippen LogP contribution in [0.25, 0.3) is 0 Å². The molecule has 4 N–H and O–H groups in total. The lowest BCUT2D eigenvalue weighted by Gasteiger charge is -2.34. The molecule has 156 valence electrons. The molecule has 2 rings (SSSR count). The van der Waals surface area contributed by atoms with E-state index in [1.54, 1.807) is 0 Å². The third-order valence-electron chi connectivity index (χ3n) is 5.79. The zero-order chi connectivity index (χ0) is 19.5. The Labute approximate surface area is 172 Å². The van der Waals surface area contributed by atoms with Gasteiger partial charge in [0.25, 0.3) is 0 Å². The Morgan fingerprint density at radius 1 is 0.667 bits per heavy atom. The van der Waals surface area contributed by atoms with Gasteiger partial charge < -0.3 is 21.3 Å². The highest BCUT2D eigenvalue weighted by Gasteiger charge is 2.27. The molecular weight excluding hydrogens is 387 g/mol. The van der Waals surface area contributed by atoms with Crippen LogP contribution in [0.3, 0.4) is 0 Å². The third kappa shape index (κ3) is 8.77. The Balaban J connectivity index is 1.57. The molecule has 6 nitrogen and oxygen atoms in total. The van der Waals surface area contributed by atoms with E-state index in [0.717, 1.165) is 37.5 Å². The van der Waals surface area contributed by atoms with Gasteiger partial charge >= 0.3 is 12.1 Å². The van der Waals surface area contributed by atoms with E-state index in [4.69, 9.17) is 23.2 Å². The van der Waals surface area contributed by atoms with Crippen molar-refractivity contribution in [3.63, 3.8) is 0 Å². The second-order valence-electron chi connectivity index (χ2n) is 7.85. The summed E-state index contributed by atoms with van der Waals surface area (Å²) in [4.78, 5) is 23.4. The summed E-state index contributed by atoms with van der Waals surface area (Å²) in [6, 6.07) is 0.394. The average Bonchev–Trinajstić information content (AvgIpc) is 2.68. The van der Waals surface area contributed by atoms with Gasteiger partial charge in [-0.05, 0) is 69.6 Å². The van der Waals surface area contributed by atoms with Crippen molar-refractivity contribution < 1.29 is 9.59 Å². The lowest BCUT2D eigenvalue weighted by atomic mass is 9.75. The maximum absolute atomic E-state index is 11.7. The van der Waals surface area contributed by atoms with Crippen LogP contribution < -0.4 is 21.3 Å². The van der Waals surface area contributed by atoms with E-state index in [1.807, 2.05) is 0 Å². The Kier molecular flexibility index (Phi) is 10.4. The Morgan fingerprint density at radius 2 is 1.04 bits per heavy atom. The SMILES string of the molecule is O=C(NCCCl)NC1CCC(CC2CCC(NC(=O)NCCCl)CC2)CC1. The summed E-state index contributed by atoms with van der Waals surface area (Å²) in [6.07, 6.45) is 10.3. The zero-order valence-corrected chi connectivity index (χ0v) is 17.6. The summed E-state index contributed by atoms with van der Waals surface area (Å²) in [6.45, 7) is 1.02. The van der Waals surface area contributed by atoms with Crippen LogP contribution in [0.4, 0.5) is 9.59 Å². The van der Waals surface area contributed by atoms with Crippen molar-refractivity contribution >= 4 is 35.3 Å². The summed E-state index contributed by atoms with van der Waals surface area (Å²) in [5, 5.41) is 11.6. The number of carbonyl (C=O) groups excluding carboxylic acids is 2. The van der Waals surface area contributed by atoms with Gasteiger partial charge in [-0.2, -0.15) is 0 Å². The van der Waals surface area contributed by atoms with E-state index in [2.05, 4.69) is 21.3 Å². The fraction of sp³-hybridized carbons (Fsp3) is 0.895. The number of amides is 4. The molecule has 8 heteroatoms. The van der Waals surface area contributed by atoms with Gasteiger partial charge in [0.1, 0.15) is 0 Å². The molecule has 27 heavy (non-hydrogen) atoms. The molecule has 0 aromatic heterocycles. The molecule has 0 spiro atoms. The van der Waals surface area contributed by atoms with Crippen LogP contribution in [-0.2, 0) is 0 Å². The number of rotatable bonds is 8. The van der Waals surface area contributed by atoms with Crippen molar-refractivity contribution in [2.75, 3.05) is 24.8 Å². The van der Waals surface area contributed by atoms with E-state index < -0.39 is 0 Å². The fourth-order valence-electron chi connectivity index (χ4n) is 4.35. The molecule has 0 bridgehead atoms. The monoisotopic (exact) mass is 420 g/mol. The molecule has 2 saturated carbocycles. The van der Waals surface area contributed by atoms with Crippen molar-refractivity contribution in [1.82, 2.24) is 21.3 Å². The number of alkyl halides is 2. The smallest absolute Gasteiger partial charge is 0.315 e. The van der Waals surface area contributed by atoms with Crippen LogP contribution in [0.1, 0.15) is 57.8 Å². The molecule has 2 fully saturated rings. The van der Waals surface area contributed by atoms with Gasteiger partial charge in [0.15, 0.2) is 0 Å². The molecule has 0 aliphatic heterocycles. The Morgan fingerprint density at radius 3 is 1.37 bits per heavy atom. The molecule has 0 aromatic rings. The summed E-state index contributed by atoms with van der Waals surface area (Å²) in [5.41, 5.74) is 0. The van der Waals surface area contributed by atoms with Crippen molar-refractivity contribution in [1.29, 1.82) is 0 Å². The van der Waals surface area contributed by atoms with E-state index in [9.17, 15) is 9.59 Å². The third-order valence-corrected chi connectivity index (χ3v) is 6.17. The summed E-state index contributed by atoms with van der Waals surface area (Å²) in [5.74, 6) is 2.43. The number of hydrogen-bond acceptors (Lipinski definition) is 2. The highest BCUT2D eigenvalue weighted by Crippen LogP contribution is 2.35. The zero-order valence-electron chi connectivity index (χ0n) is 16.1. The number of halogens is 2. The Bertz CT molecular complexity index is 411. The number of carbonyl (C=O) groups is 2. The first-order valence-electron chi connectivity index (χ1n) is 10.3. The standard InChI is InChI=1S/C19H34Cl2N4O2/c20-9-11-22-18(26)24-16-5-1-14(2-6-16)13-15-3-7-17(8-4-15)25-19(27)23-12-10-21/h14-17H,1-13H2,(H2,22,24,26)(H2,23,25,27). The highest BCUT2D eigenvalue weighted by atomic mass is 35.5. The molecule has 0 unspecified atom stereocenters. The second kappa shape index (κ2) is 12.6. The molecule has 0 saturated heterocycles. The predicted octanol–water partition coefficient (Wildman–Crippen LogP) is 3.57. The number of hydrogen-bond donors (Lipinski definition) is 4. The minimum atomic E-state index is -0.0972. The lowest BCUT2D eigenvalue weighted by molar-refractivity contribution is 0.198. The van der Waals surface area contributed by atoms with Gasteiger partial charge in [-0.25, -0.2) is 9.59 Å². The quantitative estimate of drug-likeness (QED) is 0.452. The van der Waals surface area contributed by atoms with Crippen LogP contribution in [-0.4, -0.2) is 49.0 Å². The minimum Gasteiger partial charge on any atom is -0.337 e. The van der Waals surface area contributed by atoms with Crippen LogP contribution in [0, 0.1) is 11.8 Å². The molecule has 0 heterocycles. The van der Waals surface area contributed by atoms with Crippen molar-refractivity contribution in [2.45, 2.75) is 69.9 Å². The highest BCUT2D eigenvalue weighted by molar-refractivity contribution is 6.18. The summed E-state index contributed by atoms with van der Waals surface area (Å²) < 4.78 is 0.